The van der Waals surface area contributed by atoms with Gasteiger partial charge >= 0.3 is 0 Å². The van der Waals surface area contributed by atoms with E-state index in [2.05, 4.69) is 31.2 Å². The Morgan fingerprint density at radius 1 is 1.14 bits per heavy atom. The minimum absolute atomic E-state index is 0.0824. The smallest absolute Gasteiger partial charge is 0.240 e. The Morgan fingerprint density at radius 3 is 2.57 bits per heavy atom. The van der Waals surface area contributed by atoms with Crippen molar-refractivity contribution >= 4 is 23.4 Å². The van der Waals surface area contributed by atoms with Crippen LogP contribution in [0.15, 0.2) is 59.5 Å². The molecular formula is C18H19NOS. The molecule has 1 heterocycles. The Kier molecular flexibility index (Phi) is 4.02. The van der Waals surface area contributed by atoms with Crippen molar-refractivity contribution in [3.63, 3.8) is 0 Å². The number of hydrogen-bond donors (Lipinski definition) is 0. The molecule has 1 aliphatic rings. The lowest BCUT2D eigenvalue weighted by Gasteiger charge is -2.25. The van der Waals surface area contributed by atoms with Gasteiger partial charge in [0, 0.05) is 16.6 Å². The first kappa shape index (κ1) is 14.2. The molecule has 1 aliphatic heterocycles. The summed E-state index contributed by atoms with van der Waals surface area (Å²) >= 11 is 1.62. The van der Waals surface area contributed by atoms with Gasteiger partial charge in [0.05, 0.1) is 5.25 Å². The first-order valence-electron chi connectivity index (χ1n) is 7.29. The van der Waals surface area contributed by atoms with E-state index in [1.807, 2.05) is 42.2 Å². The fourth-order valence-corrected chi connectivity index (χ4v) is 3.79. The summed E-state index contributed by atoms with van der Waals surface area (Å²) in [6.45, 7) is 4.12. The van der Waals surface area contributed by atoms with Gasteiger partial charge in [-0.05, 0) is 44.0 Å². The molecule has 0 fully saturated rings. The molecule has 0 N–H and O–H groups in total. The standard InChI is InChI=1S/C18H19NOS/c1-13-12-15-8-6-7-11-17(15)19(13)18(20)14(2)21-16-9-4-3-5-10-16/h3-11,13-14H,12H2,1-2H3/t13-,14-/m1/s1. The summed E-state index contributed by atoms with van der Waals surface area (Å²) in [5.74, 6) is 0.196. The van der Waals surface area contributed by atoms with Crippen molar-refractivity contribution in [2.75, 3.05) is 4.90 Å². The topological polar surface area (TPSA) is 20.3 Å². The molecule has 0 aromatic heterocycles. The minimum Gasteiger partial charge on any atom is -0.308 e. The molecule has 3 rings (SSSR count). The SMILES string of the molecule is C[C@@H]1Cc2ccccc2N1C(=O)[C@@H](C)Sc1ccccc1. The third-order valence-electron chi connectivity index (χ3n) is 3.85. The Bertz CT molecular complexity index is 641. The van der Waals surface area contributed by atoms with Crippen molar-refractivity contribution < 1.29 is 4.79 Å². The van der Waals surface area contributed by atoms with Crippen LogP contribution in [-0.2, 0) is 11.2 Å². The Balaban J connectivity index is 1.79. The average molecular weight is 297 g/mol. The van der Waals surface area contributed by atoms with Crippen LogP contribution in [0.25, 0.3) is 0 Å². The molecule has 2 aromatic carbocycles. The summed E-state index contributed by atoms with van der Waals surface area (Å²) < 4.78 is 0. The summed E-state index contributed by atoms with van der Waals surface area (Å²) in [4.78, 5) is 15.9. The Morgan fingerprint density at radius 2 is 1.81 bits per heavy atom. The summed E-state index contributed by atoms with van der Waals surface area (Å²) in [6.07, 6.45) is 0.949. The quantitative estimate of drug-likeness (QED) is 0.793. The van der Waals surface area contributed by atoms with Crippen molar-refractivity contribution in [2.45, 2.75) is 36.5 Å². The van der Waals surface area contributed by atoms with Crippen LogP contribution in [0.5, 0.6) is 0 Å². The zero-order valence-corrected chi connectivity index (χ0v) is 13.1. The van der Waals surface area contributed by atoms with Gasteiger partial charge in [0.2, 0.25) is 5.91 Å². The van der Waals surface area contributed by atoms with Crippen molar-refractivity contribution in [1.29, 1.82) is 0 Å². The predicted molar refractivity (Wildman–Crippen MR) is 88.9 cm³/mol. The van der Waals surface area contributed by atoms with Crippen LogP contribution in [0.2, 0.25) is 0 Å². The van der Waals surface area contributed by atoms with Crippen LogP contribution in [-0.4, -0.2) is 17.2 Å². The lowest BCUT2D eigenvalue weighted by atomic mass is 10.1. The summed E-state index contributed by atoms with van der Waals surface area (Å²) in [5.41, 5.74) is 2.35. The molecule has 108 valence electrons. The number of para-hydroxylation sites is 1. The second-order valence-corrected chi connectivity index (χ2v) is 6.88. The van der Waals surface area contributed by atoms with Crippen LogP contribution < -0.4 is 4.90 Å². The molecule has 0 saturated heterocycles. The Labute approximate surface area is 130 Å². The zero-order chi connectivity index (χ0) is 14.8. The molecule has 3 heteroatoms. The summed E-state index contributed by atoms with van der Waals surface area (Å²) in [6, 6.07) is 18.6. The predicted octanol–water partition coefficient (Wildman–Crippen LogP) is 4.15. The highest BCUT2D eigenvalue weighted by Crippen LogP contribution is 2.34. The van der Waals surface area contributed by atoms with E-state index in [4.69, 9.17) is 0 Å². The monoisotopic (exact) mass is 297 g/mol. The normalized spacial score (nSPS) is 18.4. The molecular weight excluding hydrogens is 278 g/mol. The van der Waals surface area contributed by atoms with Gasteiger partial charge in [0.25, 0.3) is 0 Å². The molecule has 2 aromatic rings. The molecule has 0 saturated carbocycles. The van der Waals surface area contributed by atoms with E-state index in [0.29, 0.717) is 0 Å². The van der Waals surface area contributed by atoms with E-state index in [0.717, 1.165) is 17.0 Å². The van der Waals surface area contributed by atoms with Gasteiger partial charge in [-0.1, -0.05) is 36.4 Å². The molecule has 0 bridgehead atoms. The highest BCUT2D eigenvalue weighted by molar-refractivity contribution is 8.00. The second kappa shape index (κ2) is 5.94. The largest absolute Gasteiger partial charge is 0.308 e. The number of hydrogen-bond acceptors (Lipinski definition) is 2. The van der Waals surface area contributed by atoms with Crippen LogP contribution in [0.1, 0.15) is 19.4 Å². The average Bonchev–Trinajstić information content (AvgIpc) is 2.83. The summed E-state index contributed by atoms with van der Waals surface area (Å²) in [5, 5.41) is -0.0824. The van der Waals surface area contributed by atoms with Gasteiger partial charge in [-0.2, -0.15) is 0 Å². The van der Waals surface area contributed by atoms with E-state index < -0.39 is 0 Å². The molecule has 0 radical (unpaired) electrons. The van der Waals surface area contributed by atoms with E-state index in [9.17, 15) is 4.79 Å². The number of fused-ring (bicyclic) bond motifs is 1. The fourth-order valence-electron chi connectivity index (χ4n) is 2.85. The third-order valence-corrected chi connectivity index (χ3v) is 4.95. The number of benzene rings is 2. The molecule has 0 aliphatic carbocycles. The molecule has 2 nitrogen and oxygen atoms in total. The van der Waals surface area contributed by atoms with Crippen LogP contribution in [0.3, 0.4) is 0 Å². The number of rotatable bonds is 3. The van der Waals surface area contributed by atoms with Crippen LogP contribution in [0.4, 0.5) is 5.69 Å². The number of amides is 1. The number of nitrogens with zero attached hydrogens (tertiary/aromatic N) is 1. The van der Waals surface area contributed by atoms with Gasteiger partial charge in [0.1, 0.15) is 0 Å². The van der Waals surface area contributed by atoms with Crippen molar-refractivity contribution in [3.05, 3.63) is 60.2 Å². The maximum absolute atomic E-state index is 12.8. The van der Waals surface area contributed by atoms with E-state index in [-0.39, 0.29) is 17.2 Å². The third kappa shape index (κ3) is 2.84. The van der Waals surface area contributed by atoms with Crippen molar-refractivity contribution in [1.82, 2.24) is 0 Å². The van der Waals surface area contributed by atoms with Crippen molar-refractivity contribution in [3.8, 4) is 0 Å². The summed E-state index contributed by atoms with van der Waals surface area (Å²) in [7, 11) is 0. The maximum atomic E-state index is 12.8. The molecule has 1 amide bonds. The lowest BCUT2D eigenvalue weighted by Crippen LogP contribution is -2.40. The highest BCUT2D eigenvalue weighted by atomic mass is 32.2. The van der Waals surface area contributed by atoms with Gasteiger partial charge in [-0.25, -0.2) is 0 Å². The van der Waals surface area contributed by atoms with Gasteiger partial charge in [-0.15, -0.1) is 11.8 Å². The molecule has 0 spiro atoms. The zero-order valence-electron chi connectivity index (χ0n) is 12.3. The van der Waals surface area contributed by atoms with Gasteiger partial charge in [0.15, 0.2) is 0 Å². The molecule has 0 unspecified atom stereocenters. The Hall–Kier alpha value is -1.74. The number of thioether (sulfide) groups is 1. The first-order chi connectivity index (χ1) is 10.2. The number of anilines is 1. The second-order valence-electron chi connectivity index (χ2n) is 5.46. The van der Waals surface area contributed by atoms with Crippen LogP contribution >= 0.6 is 11.8 Å². The highest BCUT2D eigenvalue weighted by Gasteiger charge is 2.33. The van der Waals surface area contributed by atoms with Crippen molar-refractivity contribution in [2.24, 2.45) is 0 Å². The minimum atomic E-state index is -0.0824. The van der Waals surface area contributed by atoms with Gasteiger partial charge in [-0.3, -0.25) is 4.79 Å². The first-order valence-corrected chi connectivity index (χ1v) is 8.17. The van der Waals surface area contributed by atoms with Gasteiger partial charge < -0.3 is 4.90 Å². The lowest BCUT2D eigenvalue weighted by molar-refractivity contribution is -0.118. The molecule has 2 atom stereocenters. The fraction of sp³-hybridized carbons (Fsp3) is 0.278. The number of carbonyl (C=O) groups is 1. The molecule has 21 heavy (non-hydrogen) atoms. The van der Waals surface area contributed by atoms with E-state index in [1.165, 1.54) is 5.56 Å². The van der Waals surface area contributed by atoms with E-state index in [1.54, 1.807) is 11.8 Å². The van der Waals surface area contributed by atoms with E-state index >= 15 is 0 Å². The van der Waals surface area contributed by atoms with Crippen LogP contribution in [0, 0.1) is 0 Å². The maximum Gasteiger partial charge on any atom is 0.240 e. The number of carbonyl (C=O) groups excluding carboxylic acids is 1.